The summed E-state index contributed by atoms with van der Waals surface area (Å²) in [6, 6.07) is 12.8. The second-order valence-electron chi connectivity index (χ2n) is 6.60. The van der Waals surface area contributed by atoms with E-state index in [1.807, 2.05) is 32.3 Å². The van der Waals surface area contributed by atoms with Crippen LogP contribution in [0.1, 0.15) is 34.1 Å². The van der Waals surface area contributed by atoms with Crippen LogP contribution in [0.2, 0.25) is 0 Å². The Labute approximate surface area is 160 Å². The van der Waals surface area contributed by atoms with Crippen molar-refractivity contribution in [2.24, 2.45) is 5.73 Å². The Bertz CT molecular complexity index is 818. The largest absolute Gasteiger partial charge is 0.496 e. The number of hydrogen-bond donors (Lipinski definition) is 2. The van der Waals surface area contributed by atoms with Crippen LogP contribution >= 0.6 is 0 Å². The fraction of sp³-hybridized carbons (Fsp3) is 0.333. The first-order chi connectivity index (χ1) is 12.9. The highest BCUT2D eigenvalue weighted by Crippen LogP contribution is 2.27. The first-order valence-electron chi connectivity index (χ1n) is 8.90. The Morgan fingerprint density at radius 3 is 2.44 bits per heavy atom. The lowest BCUT2D eigenvalue weighted by Crippen LogP contribution is -2.39. The van der Waals surface area contributed by atoms with Crippen molar-refractivity contribution in [2.45, 2.75) is 19.4 Å². The Hall–Kier alpha value is -2.86. The molecule has 0 aliphatic rings. The van der Waals surface area contributed by atoms with Gasteiger partial charge in [0.15, 0.2) is 0 Å². The van der Waals surface area contributed by atoms with Crippen LogP contribution in [-0.2, 0) is 0 Å². The lowest BCUT2D eigenvalue weighted by molar-refractivity contribution is 0.0940. The highest BCUT2D eigenvalue weighted by atomic mass is 16.5. The highest BCUT2D eigenvalue weighted by molar-refractivity contribution is 5.98. The third-order valence-corrected chi connectivity index (χ3v) is 4.62. The van der Waals surface area contributed by atoms with Gasteiger partial charge in [-0.1, -0.05) is 25.1 Å². The van der Waals surface area contributed by atoms with Gasteiger partial charge in [0.25, 0.3) is 11.8 Å². The maximum Gasteiger partial charge on any atom is 0.252 e. The van der Waals surface area contributed by atoms with E-state index in [0.29, 0.717) is 23.4 Å². The van der Waals surface area contributed by atoms with Gasteiger partial charge in [0.2, 0.25) is 0 Å². The molecule has 6 heteroatoms. The van der Waals surface area contributed by atoms with E-state index in [4.69, 9.17) is 10.5 Å². The number of primary amides is 1. The number of likely N-dealkylation sites (N-methyl/N-ethyl adjacent to an activating group) is 1. The number of benzene rings is 2. The van der Waals surface area contributed by atoms with Crippen LogP contribution in [0, 0.1) is 0 Å². The quantitative estimate of drug-likeness (QED) is 0.749. The predicted octanol–water partition coefficient (Wildman–Crippen LogP) is 2.53. The summed E-state index contributed by atoms with van der Waals surface area (Å²) in [5, 5.41) is 2.98. The molecular weight excluding hydrogens is 342 g/mol. The van der Waals surface area contributed by atoms with Gasteiger partial charge < -0.3 is 20.7 Å². The summed E-state index contributed by atoms with van der Waals surface area (Å²) in [4.78, 5) is 26.3. The molecule has 0 aliphatic carbocycles. The van der Waals surface area contributed by atoms with Crippen molar-refractivity contribution in [1.29, 1.82) is 0 Å². The van der Waals surface area contributed by atoms with Gasteiger partial charge >= 0.3 is 0 Å². The number of nitrogens with zero attached hydrogens (tertiary/aromatic N) is 1. The summed E-state index contributed by atoms with van der Waals surface area (Å²) in [6.45, 7) is 2.68. The number of hydrogen-bond acceptors (Lipinski definition) is 4. The molecule has 1 atom stereocenters. The van der Waals surface area contributed by atoms with Gasteiger partial charge in [-0.2, -0.15) is 0 Å². The van der Waals surface area contributed by atoms with Crippen molar-refractivity contribution in [3.8, 4) is 16.9 Å². The minimum atomic E-state index is -0.558. The molecule has 2 rings (SSSR count). The minimum absolute atomic E-state index is 0.124. The SMILES string of the molecule is CC[C@@H](CNC(=O)c1cccc(-c2ccc(OC)c(C(N)=O)c2)c1)N(C)C. The van der Waals surface area contributed by atoms with Crippen LogP contribution in [0.5, 0.6) is 5.75 Å². The zero-order valence-corrected chi connectivity index (χ0v) is 16.3. The number of methoxy groups -OCH3 is 1. The molecule has 0 fully saturated rings. The van der Waals surface area contributed by atoms with Crippen LogP contribution in [0.3, 0.4) is 0 Å². The second-order valence-corrected chi connectivity index (χ2v) is 6.60. The molecule has 2 aromatic rings. The van der Waals surface area contributed by atoms with Gasteiger partial charge in [0.05, 0.1) is 12.7 Å². The molecule has 0 bridgehead atoms. The summed E-state index contributed by atoms with van der Waals surface area (Å²) in [7, 11) is 5.49. The van der Waals surface area contributed by atoms with E-state index in [0.717, 1.165) is 17.5 Å². The number of rotatable bonds is 8. The molecule has 0 unspecified atom stereocenters. The maximum absolute atomic E-state index is 12.5. The van der Waals surface area contributed by atoms with E-state index in [2.05, 4.69) is 17.1 Å². The summed E-state index contributed by atoms with van der Waals surface area (Å²) < 4.78 is 5.17. The number of carbonyl (C=O) groups excluding carboxylic acids is 2. The standard InChI is InChI=1S/C21H27N3O3/c1-5-17(24(2)3)13-23-21(26)16-8-6-7-14(11-16)15-9-10-19(27-4)18(12-15)20(22)25/h6-12,17H,5,13H2,1-4H3,(H2,22,25)(H,23,26)/t17-/m0/s1. The first-order valence-corrected chi connectivity index (χ1v) is 8.90. The fourth-order valence-corrected chi connectivity index (χ4v) is 2.92. The molecule has 0 aliphatic heterocycles. The monoisotopic (exact) mass is 369 g/mol. The van der Waals surface area contributed by atoms with Crippen molar-refractivity contribution < 1.29 is 14.3 Å². The molecule has 6 nitrogen and oxygen atoms in total. The molecule has 3 N–H and O–H groups in total. The van der Waals surface area contributed by atoms with Crippen LogP contribution in [0.25, 0.3) is 11.1 Å². The van der Waals surface area contributed by atoms with Gasteiger partial charge in [-0.05, 0) is 55.9 Å². The summed E-state index contributed by atoms with van der Waals surface area (Å²) in [6.07, 6.45) is 0.953. The average Bonchev–Trinajstić information content (AvgIpc) is 2.67. The zero-order chi connectivity index (χ0) is 20.0. The lowest BCUT2D eigenvalue weighted by Gasteiger charge is -2.23. The topological polar surface area (TPSA) is 84.7 Å². The maximum atomic E-state index is 12.5. The number of amides is 2. The van der Waals surface area contributed by atoms with Crippen molar-refractivity contribution in [1.82, 2.24) is 10.2 Å². The highest BCUT2D eigenvalue weighted by Gasteiger charge is 2.14. The van der Waals surface area contributed by atoms with Crippen LogP contribution < -0.4 is 15.8 Å². The Morgan fingerprint density at radius 2 is 1.85 bits per heavy atom. The molecule has 27 heavy (non-hydrogen) atoms. The van der Waals surface area contributed by atoms with Gasteiger partial charge in [-0.3, -0.25) is 9.59 Å². The Balaban J connectivity index is 2.23. The van der Waals surface area contributed by atoms with Crippen molar-refractivity contribution in [3.63, 3.8) is 0 Å². The summed E-state index contributed by atoms with van der Waals surface area (Å²) in [5.41, 5.74) is 7.92. The van der Waals surface area contributed by atoms with E-state index in [1.165, 1.54) is 7.11 Å². The second kappa shape index (κ2) is 9.19. The third kappa shape index (κ3) is 5.08. The fourth-order valence-electron chi connectivity index (χ4n) is 2.92. The molecule has 2 amide bonds. The third-order valence-electron chi connectivity index (χ3n) is 4.62. The summed E-state index contributed by atoms with van der Waals surface area (Å²) in [5.74, 6) is -0.257. The van der Waals surface area contributed by atoms with E-state index >= 15 is 0 Å². The predicted molar refractivity (Wildman–Crippen MR) is 107 cm³/mol. The van der Waals surface area contributed by atoms with E-state index < -0.39 is 5.91 Å². The first kappa shape index (κ1) is 20.5. The molecule has 0 aromatic heterocycles. The normalized spacial score (nSPS) is 11.9. The number of ether oxygens (including phenoxy) is 1. The van der Waals surface area contributed by atoms with Crippen molar-refractivity contribution in [2.75, 3.05) is 27.7 Å². The van der Waals surface area contributed by atoms with Crippen LogP contribution in [-0.4, -0.2) is 50.5 Å². The van der Waals surface area contributed by atoms with Gasteiger partial charge in [-0.25, -0.2) is 0 Å². The lowest BCUT2D eigenvalue weighted by atomic mass is 10.00. The number of nitrogens with two attached hydrogens (primary N) is 1. The molecule has 144 valence electrons. The average molecular weight is 369 g/mol. The molecule has 0 saturated heterocycles. The molecular formula is C21H27N3O3. The van der Waals surface area contributed by atoms with E-state index in [9.17, 15) is 9.59 Å². The minimum Gasteiger partial charge on any atom is -0.496 e. The van der Waals surface area contributed by atoms with Crippen molar-refractivity contribution in [3.05, 3.63) is 53.6 Å². The summed E-state index contributed by atoms with van der Waals surface area (Å²) >= 11 is 0. The Kier molecular flexibility index (Phi) is 6.96. The molecule has 0 heterocycles. The molecule has 2 aromatic carbocycles. The van der Waals surface area contributed by atoms with Crippen molar-refractivity contribution >= 4 is 11.8 Å². The number of carbonyl (C=O) groups is 2. The van der Waals surface area contributed by atoms with E-state index in [1.54, 1.807) is 24.3 Å². The molecule has 0 saturated carbocycles. The molecule has 0 radical (unpaired) electrons. The van der Waals surface area contributed by atoms with Gasteiger partial charge in [0.1, 0.15) is 5.75 Å². The van der Waals surface area contributed by atoms with Crippen LogP contribution in [0.4, 0.5) is 0 Å². The molecule has 0 spiro atoms. The van der Waals surface area contributed by atoms with Gasteiger partial charge in [0, 0.05) is 18.2 Å². The zero-order valence-electron chi connectivity index (χ0n) is 16.3. The van der Waals surface area contributed by atoms with Gasteiger partial charge in [-0.15, -0.1) is 0 Å². The smallest absolute Gasteiger partial charge is 0.252 e. The van der Waals surface area contributed by atoms with E-state index in [-0.39, 0.29) is 11.9 Å². The van der Waals surface area contributed by atoms with Crippen LogP contribution in [0.15, 0.2) is 42.5 Å². The Morgan fingerprint density at radius 1 is 1.15 bits per heavy atom. The number of nitrogens with one attached hydrogen (secondary N) is 1.